The van der Waals surface area contributed by atoms with Crippen LogP contribution in [-0.4, -0.2) is 28.0 Å². The number of para-hydroxylation sites is 1. The lowest BCUT2D eigenvalue weighted by atomic mass is 9.85. The SMILES string of the molecule is CC[C@@]1(OC(=O)CCN)C(=O)OCc2c1cc1n(c2=O)Cc2cc3ccccc3nc2-1. The van der Waals surface area contributed by atoms with E-state index in [0.717, 1.165) is 16.5 Å². The second-order valence-corrected chi connectivity index (χ2v) is 7.77. The van der Waals surface area contributed by atoms with Crippen LogP contribution < -0.4 is 11.3 Å². The van der Waals surface area contributed by atoms with Crippen molar-refractivity contribution in [3.63, 3.8) is 0 Å². The van der Waals surface area contributed by atoms with Gasteiger partial charge in [0.25, 0.3) is 5.56 Å². The number of carbonyl (C=O) groups excluding carboxylic acids is 2. The van der Waals surface area contributed by atoms with Crippen molar-refractivity contribution in [2.45, 2.75) is 38.5 Å². The van der Waals surface area contributed by atoms with E-state index in [0.29, 0.717) is 29.1 Å². The van der Waals surface area contributed by atoms with Crippen molar-refractivity contribution >= 4 is 22.8 Å². The van der Waals surface area contributed by atoms with Gasteiger partial charge in [0.2, 0.25) is 5.60 Å². The second kappa shape index (κ2) is 7.02. The Morgan fingerprint density at radius 2 is 2.10 bits per heavy atom. The molecule has 5 rings (SSSR count). The van der Waals surface area contributed by atoms with Crippen molar-refractivity contribution in [2.24, 2.45) is 5.73 Å². The van der Waals surface area contributed by atoms with E-state index in [1.54, 1.807) is 17.6 Å². The highest BCUT2D eigenvalue weighted by Gasteiger charge is 2.50. The van der Waals surface area contributed by atoms with Crippen LogP contribution in [0.25, 0.3) is 22.3 Å². The predicted molar refractivity (Wildman–Crippen MR) is 112 cm³/mol. The van der Waals surface area contributed by atoms with Crippen molar-refractivity contribution in [2.75, 3.05) is 6.54 Å². The molecule has 0 saturated carbocycles. The van der Waals surface area contributed by atoms with Gasteiger partial charge in [-0.25, -0.2) is 9.78 Å². The highest BCUT2D eigenvalue weighted by atomic mass is 16.6. The number of nitrogens with zero attached hydrogens (tertiary/aromatic N) is 2. The highest BCUT2D eigenvalue weighted by Crippen LogP contribution is 2.41. The van der Waals surface area contributed by atoms with E-state index in [1.807, 2.05) is 30.3 Å². The van der Waals surface area contributed by atoms with E-state index in [2.05, 4.69) is 0 Å². The second-order valence-electron chi connectivity index (χ2n) is 7.77. The molecule has 31 heavy (non-hydrogen) atoms. The minimum absolute atomic E-state index is 0.0370. The van der Waals surface area contributed by atoms with Gasteiger partial charge in [-0.05, 0) is 24.6 Å². The number of cyclic esters (lactones) is 1. The molecule has 2 aliphatic rings. The van der Waals surface area contributed by atoms with Gasteiger partial charge >= 0.3 is 11.9 Å². The van der Waals surface area contributed by atoms with E-state index >= 15 is 0 Å². The Hall–Kier alpha value is -3.52. The Kier molecular flexibility index (Phi) is 4.40. The van der Waals surface area contributed by atoms with Gasteiger partial charge in [0.05, 0.1) is 35.4 Å². The summed E-state index contributed by atoms with van der Waals surface area (Å²) in [6.07, 6.45) is 0.0979. The first-order chi connectivity index (χ1) is 15.0. The monoisotopic (exact) mass is 419 g/mol. The third-order valence-corrected chi connectivity index (χ3v) is 6.02. The number of esters is 2. The largest absolute Gasteiger partial charge is 0.457 e. The number of fused-ring (bicyclic) bond motifs is 5. The van der Waals surface area contributed by atoms with Gasteiger partial charge in [0.15, 0.2) is 0 Å². The summed E-state index contributed by atoms with van der Waals surface area (Å²) in [5.41, 5.74) is 7.25. The lowest BCUT2D eigenvalue weighted by Crippen LogP contribution is -2.47. The quantitative estimate of drug-likeness (QED) is 0.503. The first-order valence-electron chi connectivity index (χ1n) is 10.2. The summed E-state index contributed by atoms with van der Waals surface area (Å²) in [4.78, 5) is 43.3. The third-order valence-electron chi connectivity index (χ3n) is 6.02. The molecule has 1 aromatic carbocycles. The van der Waals surface area contributed by atoms with Gasteiger partial charge in [-0.3, -0.25) is 9.59 Å². The molecule has 2 aromatic heterocycles. The maximum atomic E-state index is 13.4. The van der Waals surface area contributed by atoms with Gasteiger partial charge in [-0.15, -0.1) is 0 Å². The smallest absolute Gasteiger partial charge is 0.355 e. The van der Waals surface area contributed by atoms with Gasteiger partial charge in [0, 0.05) is 23.1 Å². The standard InChI is InChI=1S/C23H21N3O5/c1-2-23(31-19(27)7-8-24)16-10-18-20-14(9-13-5-3-4-6-17(13)25-20)11-26(18)21(28)15(16)12-30-22(23)29/h3-6,9-10H,2,7-8,11-12,24H2,1H3/t23-/m0/s1. The summed E-state index contributed by atoms with van der Waals surface area (Å²) in [7, 11) is 0. The number of nitrogens with two attached hydrogens (primary N) is 1. The topological polar surface area (TPSA) is 114 Å². The number of benzene rings is 1. The van der Waals surface area contributed by atoms with E-state index in [4.69, 9.17) is 20.2 Å². The number of carbonyl (C=O) groups is 2. The number of ether oxygens (including phenoxy) is 2. The van der Waals surface area contributed by atoms with Crippen molar-refractivity contribution < 1.29 is 19.1 Å². The number of rotatable bonds is 4. The maximum Gasteiger partial charge on any atom is 0.355 e. The molecule has 1 atom stereocenters. The molecular formula is C23H21N3O5. The van der Waals surface area contributed by atoms with E-state index < -0.39 is 17.5 Å². The molecule has 2 N–H and O–H groups in total. The molecule has 0 radical (unpaired) electrons. The molecular weight excluding hydrogens is 398 g/mol. The Bertz CT molecular complexity index is 1310. The summed E-state index contributed by atoms with van der Waals surface area (Å²) in [5.74, 6) is -1.29. The highest BCUT2D eigenvalue weighted by molar-refractivity contribution is 5.88. The van der Waals surface area contributed by atoms with Crippen molar-refractivity contribution in [3.05, 3.63) is 63.4 Å². The van der Waals surface area contributed by atoms with Crippen LogP contribution in [-0.2, 0) is 37.8 Å². The molecule has 4 heterocycles. The fourth-order valence-electron chi connectivity index (χ4n) is 4.45. The molecule has 0 aliphatic carbocycles. The average Bonchev–Trinajstić information content (AvgIpc) is 3.12. The van der Waals surface area contributed by atoms with E-state index in [-0.39, 0.29) is 31.6 Å². The Labute approximate surface area is 177 Å². The molecule has 0 spiro atoms. The minimum atomic E-state index is -1.67. The zero-order valence-electron chi connectivity index (χ0n) is 17.0. The van der Waals surface area contributed by atoms with Crippen molar-refractivity contribution in [1.82, 2.24) is 9.55 Å². The summed E-state index contributed by atoms with van der Waals surface area (Å²) in [6, 6.07) is 11.5. The van der Waals surface area contributed by atoms with Crippen LogP contribution in [0.2, 0.25) is 0 Å². The minimum Gasteiger partial charge on any atom is -0.457 e. The summed E-state index contributed by atoms with van der Waals surface area (Å²) in [5, 5.41) is 0.990. The molecule has 8 nitrogen and oxygen atoms in total. The summed E-state index contributed by atoms with van der Waals surface area (Å²) < 4.78 is 12.5. The van der Waals surface area contributed by atoms with Crippen LogP contribution in [0, 0.1) is 0 Å². The van der Waals surface area contributed by atoms with Crippen LogP contribution in [0.4, 0.5) is 0 Å². The molecule has 0 saturated heterocycles. The maximum absolute atomic E-state index is 13.4. The normalized spacial score (nSPS) is 18.8. The fraction of sp³-hybridized carbons (Fsp3) is 0.304. The average molecular weight is 419 g/mol. The van der Waals surface area contributed by atoms with Crippen LogP contribution in [0.1, 0.15) is 36.5 Å². The van der Waals surface area contributed by atoms with Gasteiger partial charge in [-0.1, -0.05) is 25.1 Å². The Morgan fingerprint density at radius 1 is 1.29 bits per heavy atom. The van der Waals surface area contributed by atoms with Gasteiger partial charge < -0.3 is 19.8 Å². The molecule has 2 aliphatic heterocycles. The molecule has 8 heteroatoms. The Morgan fingerprint density at radius 3 is 2.87 bits per heavy atom. The summed E-state index contributed by atoms with van der Waals surface area (Å²) in [6.45, 7) is 2.04. The Balaban J connectivity index is 1.73. The number of aromatic nitrogens is 2. The molecule has 3 aromatic rings. The lowest BCUT2D eigenvalue weighted by Gasteiger charge is -2.35. The molecule has 0 amide bonds. The molecule has 0 unspecified atom stereocenters. The number of hydrogen-bond donors (Lipinski definition) is 1. The van der Waals surface area contributed by atoms with Crippen LogP contribution in [0.5, 0.6) is 0 Å². The zero-order chi connectivity index (χ0) is 21.8. The van der Waals surface area contributed by atoms with Crippen molar-refractivity contribution in [1.29, 1.82) is 0 Å². The van der Waals surface area contributed by atoms with E-state index in [1.165, 1.54) is 0 Å². The van der Waals surface area contributed by atoms with Gasteiger partial charge in [-0.2, -0.15) is 0 Å². The van der Waals surface area contributed by atoms with Crippen LogP contribution >= 0.6 is 0 Å². The predicted octanol–water partition coefficient (Wildman–Crippen LogP) is 1.98. The van der Waals surface area contributed by atoms with Gasteiger partial charge in [0.1, 0.15) is 6.61 Å². The molecule has 0 fully saturated rings. The fourth-order valence-corrected chi connectivity index (χ4v) is 4.45. The first-order valence-corrected chi connectivity index (χ1v) is 10.2. The third kappa shape index (κ3) is 2.79. The first kappa shape index (κ1) is 19.4. The number of pyridine rings is 2. The van der Waals surface area contributed by atoms with Crippen molar-refractivity contribution in [3.8, 4) is 11.4 Å². The van der Waals surface area contributed by atoms with Crippen LogP contribution in [0.3, 0.4) is 0 Å². The lowest BCUT2D eigenvalue weighted by molar-refractivity contribution is -0.189. The van der Waals surface area contributed by atoms with E-state index in [9.17, 15) is 14.4 Å². The molecule has 0 bridgehead atoms. The number of hydrogen-bond acceptors (Lipinski definition) is 7. The zero-order valence-corrected chi connectivity index (χ0v) is 17.0. The summed E-state index contributed by atoms with van der Waals surface area (Å²) >= 11 is 0. The van der Waals surface area contributed by atoms with Crippen LogP contribution in [0.15, 0.2) is 41.2 Å². The molecule has 158 valence electrons.